The molecule has 8 heteroatoms. The molecule has 1 unspecified atom stereocenters. The Balaban J connectivity index is 1.90. The molecule has 5 nitrogen and oxygen atoms in total. The lowest BCUT2D eigenvalue weighted by Gasteiger charge is -2.38. The number of piperazine rings is 1. The van der Waals surface area contributed by atoms with Gasteiger partial charge in [0.1, 0.15) is 5.76 Å². The van der Waals surface area contributed by atoms with Gasteiger partial charge in [0, 0.05) is 26.2 Å². The molecule has 1 amide bonds. The summed E-state index contributed by atoms with van der Waals surface area (Å²) in [6, 6.07) is 3.61. The predicted molar refractivity (Wildman–Crippen MR) is 69.2 cm³/mol. The molecule has 0 aliphatic carbocycles. The fraction of sp³-hybridized carbons (Fsp3) is 0.615. The first kappa shape index (κ1) is 15.8. The molecule has 1 aliphatic rings. The second-order valence-corrected chi connectivity index (χ2v) is 5.35. The molecule has 1 aromatic rings. The van der Waals surface area contributed by atoms with Crippen molar-refractivity contribution in [2.45, 2.75) is 25.2 Å². The SMILES string of the molecule is CC(N)(C(=O)N1CCN(Cc2ccco2)CC1)C(F)(F)F. The Morgan fingerprint density at radius 1 is 1.33 bits per heavy atom. The Hall–Kier alpha value is -1.54. The van der Waals surface area contributed by atoms with Crippen LogP contribution in [-0.4, -0.2) is 53.6 Å². The van der Waals surface area contributed by atoms with Crippen LogP contribution in [0.2, 0.25) is 0 Å². The second kappa shape index (κ2) is 5.69. The third-order valence-electron chi connectivity index (χ3n) is 3.65. The van der Waals surface area contributed by atoms with E-state index in [2.05, 4.69) is 0 Å². The average molecular weight is 305 g/mol. The van der Waals surface area contributed by atoms with Crippen LogP contribution in [0.25, 0.3) is 0 Å². The van der Waals surface area contributed by atoms with Gasteiger partial charge in [-0.2, -0.15) is 13.2 Å². The van der Waals surface area contributed by atoms with E-state index in [1.165, 1.54) is 4.90 Å². The van der Waals surface area contributed by atoms with Gasteiger partial charge in [0.25, 0.3) is 5.91 Å². The maximum absolute atomic E-state index is 12.8. The highest BCUT2D eigenvalue weighted by Gasteiger charge is 2.55. The van der Waals surface area contributed by atoms with Crippen molar-refractivity contribution in [3.05, 3.63) is 24.2 Å². The van der Waals surface area contributed by atoms with Gasteiger partial charge in [-0.15, -0.1) is 0 Å². The summed E-state index contributed by atoms with van der Waals surface area (Å²) in [5.74, 6) is -0.290. The third-order valence-corrected chi connectivity index (χ3v) is 3.65. The molecule has 2 rings (SSSR count). The average Bonchev–Trinajstić information content (AvgIpc) is 2.90. The van der Waals surface area contributed by atoms with E-state index in [9.17, 15) is 18.0 Å². The highest BCUT2D eigenvalue weighted by Crippen LogP contribution is 2.29. The zero-order valence-electron chi connectivity index (χ0n) is 11.7. The molecule has 0 saturated carbocycles. The molecule has 0 spiro atoms. The molecule has 1 aromatic heterocycles. The number of nitrogens with zero attached hydrogens (tertiary/aromatic N) is 2. The van der Waals surface area contributed by atoms with Gasteiger partial charge < -0.3 is 15.1 Å². The fourth-order valence-electron chi connectivity index (χ4n) is 2.18. The summed E-state index contributed by atoms with van der Waals surface area (Å²) in [7, 11) is 0. The number of carbonyl (C=O) groups excluding carboxylic acids is 1. The molecule has 0 radical (unpaired) electrons. The Bertz CT molecular complexity index is 477. The fourth-order valence-corrected chi connectivity index (χ4v) is 2.18. The maximum Gasteiger partial charge on any atom is 0.415 e. The number of nitrogens with two attached hydrogens (primary N) is 1. The number of amides is 1. The molecule has 0 aromatic carbocycles. The first-order valence-corrected chi connectivity index (χ1v) is 6.61. The lowest BCUT2D eigenvalue weighted by molar-refractivity contribution is -0.194. The van der Waals surface area contributed by atoms with Gasteiger partial charge in [-0.1, -0.05) is 0 Å². The molecule has 2 heterocycles. The summed E-state index contributed by atoms with van der Waals surface area (Å²) < 4.78 is 43.5. The monoisotopic (exact) mass is 305 g/mol. The molecule has 1 atom stereocenters. The molecular weight excluding hydrogens is 287 g/mol. The maximum atomic E-state index is 12.8. The molecule has 1 saturated heterocycles. The van der Waals surface area contributed by atoms with E-state index in [1.807, 2.05) is 11.0 Å². The van der Waals surface area contributed by atoms with Crippen LogP contribution in [0.3, 0.4) is 0 Å². The third kappa shape index (κ3) is 3.38. The van der Waals surface area contributed by atoms with Crippen molar-refractivity contribution in [1.82, 2.24) is 9.80 Å². The van der Waals surface area contributed by atoms with Crippen LogP contribution in [-0.2, 0) is 11.3 Å². The number of alkyl halides is 3. The highest BCUT2D eigenvalue weighted by molar-refractivity contribution is 5.86. The van der Waals surface area contributed by atoms with Crippen LogP contribution in [0.5, 0.6) is 0 Å². The van der Waals surface area contributed by atoms with Gasteiger partial charge in [-0.3, -0.25) is 9.69 Å². The summed E-state index contributed by atoms with van der Waals surface area (Å²) in [5, 5.41) is 0. The van der Waals surface area contributed by atoms with Crippen LogP contribution in [0, 0.1) is 0 Å². The zero-order valence-corrected chi connectivity index (χ0v) is 11.7. The number of carbonyl (C=O) groups is 1. The minimum atomic E-state index is -4.75. The summed E-state index contributed by atoms with van der Waals surface area (Å²) in [6.07, 6.45) is -3.19. The van der Waals surface area contributed by atoms with Crippen LogP contribution < -0.4 is 5.73 Å². The van der Waals surface area contributed by atoms with Crippen molar-refractivity contribution in [3.63, 3.8) is 0 Å². The van der Waals surface area contributed by atoms with Gasteiger partial charge in [-0.05, 0) is 19.1 Å². The quantitative estimate of drug-likeness (QED) is 0.911. The number of hydrogen-bond acceptors (Lipinski definition) is 4. The van der Waals surface area contributed by atoms with Crippen molar-refractivity contribution in [1.29, 1.82) is 0 Å². The molecule has 1 aliphatic heterocycles. The van der Waals surface area contributed by atoms with E-state index in [-0.39, 0.29) is 13.1 Å². The Labute approximate surface area is 120 Å². The number of halogens is 3. The van der Waals surface area contributed by atoms with Crippen LogP contribution in [0.1, 0.15) is 12.7 Å². The van der Waals surface area contributed by atoms with Gasteiger partial charge in [0.15, 0.2) is 5.54 Å². The minimum Gasteiger partial charge on any atom is -0.468 e. The van der Waals surface area contributed by atoms with Crippen LogP contribution >= 0.6 is 0 Å². The van der Waals surface area contributed by atoms with Crippen molar-refractivity contribution >= 4 is 5.91 Å². The van der Waals surface area contributed by atoms with E-state index < -0.39 is 17.6 Å². The largest absolute Gasteiger partial charge is 0.468 e. The summed E-state index contributed by atoms with van der Waals surface area (Å²) in [5.41, 5.74) is 2.33. The normalized spacial score (nSPS) is 20.3. The zero-order chi connectivity index (χ0) is 15.7. The Morgan fingerprint density at radius 2 is 1.95 bits per heavy atom. The van der Waals surface area contributed by atoms with Gasteiger partial charge >= 0.3 is 6.18 Å². The molecule has 1 fully saturated rings. The Kier molecular flexibility index (Phi) is 4.29. The first-order valence-electron chi connectivity index (χ1n) is 6.61. The summed E-state index contributed by atoms with van der Waals surface area (Å²) in [6.45, 7) is 2.71. The van der Waals surface area contributed by atoms with Gasteiger partial charge in [0.2, 0.25) is 0 Å². The lowest BCUT2D eigenvalue weighted by Crippen LogP contribution is -2.64. The minimum absolute atomic E-state index is 0.225. The first-order chi connectivity index (χ1) is 9.72. The molecule has 2 N–H and O–H groups in total. The molecule has 0 bridgehead atoms. The summed E-state index contributed by atoms with van der Waals surface area (Å²) >= 11 is 0. The smallest absolute Gasteiger partial charge is 0.415 e. The standard InChI is InChI=1S/C13H18F3N3O2/c1-12(17,13(14,15)16)11(20)19-6-4-18(5-7-19)9-10-3-2-8-21-10/h2-3,8H,4-7,9,17H2,1H3. The number of furan rings is 1. The number of hydrogen-bond donors (Lipinski definition) is 1. The van der Waals surface area contributed by atoms with E-state index in [0.717, 1.165) is 5.76 Å². The summed E-state index contributed by atoms with van der Waals surface area (Å²) in [4.78, 5) is 15.1. The lowest BCUT2D eigenvalue weighted by atomic mass is 10.0. The van der Waals surface area contributed by atoms with Crippen molar-refractivity contribution in [2.75, 3.05) is 26.2 Å². The van der Waals surface area contributed by atoms with E-state index in [1.54, 1.807) is 12.3 Å². The number of rotatable bonds is 3. The van der Waals surface area contributed by atoms with Gasteiger partial charge in [0.05, 0.1) is 12.8 Å². The predicted octanol–water partition coefficient (Wildman–Crippen LogP) is 1.20. The molecular formula is C13H18F3N3O2. The van der Waals surface area contributed by atoms with Crippen LogP contribution in [0.15, 0.2) is 22.8 Å². The highest BCUT2D eigenvalue weighted by atomic mass is 19.4. The Morgan fingerprint density at radius 3 is 2.43 bits per heavy atom. The second-order valence-electron chi connectivity index (χ2n) is 5.35. The van der Waals surface area contributed by atoms with Crippen molar-refractivity contribution < 1.29 is 22.4 Å². The van der Waals surface area contributed by atoms with Crippen molar-refractivity contribution in [3.8, 4) is 0 Å². The van der Waals surface area contributed by atoms with E-state index >= 15 is 0 Å². The molecule has 21 heavy (non-hydrogen) atoms. The van der Waals surface area contributed by atoms with Crippen molar-refractivity contribution in [2.24, 2.45) is 5.73 Å². The van der Waals surface area contributed by atoms with Crippen LogP contribution in [0.4, 0.5) is 13.2 Å². The van der Waals surface area contributed by atoms with E-state index in [4.69, 9.17) is 10.2 Å². The van der Waals surface area contributed by atoms with Gasteiger partial charge in [-0.25, -0.2) is 0 Å². The van der Waals surface area contributed by atoms with E-state index in [0.29, 0.717) is 26.6 Å². The molecule has 118 valence electrons. The topological polar surface area (TPSA) is 62.7 Å².